The molecular weight excluding hydrogens is 370 g/mol. The average Bonchev–Trinajstić information content (AvgIpc) is 3.56. The average molecular weight is 391 g/mol. The van der Waals surface area contributed by atoms with E-state index in [1.807, 2.05) is 25.1 Å². The van der Waals surface area contributed by atoms with Gasteiger partial charge in [-0.2, -0.15) is 5.10 Å². The minimum Gasteiger partial charge on any atom is -0.309 e. The van der Waals surface area contributed by atoms with Gasteiger partial charge in [-0.1, -0.05) is 6.07 Å². The molecule has 2 aromatic heterocycles. The molecule has 9 heteroatoms. The summed E-state index contributed by atoms with van der Waals surface area (Å²) in [5.74, 6) is 0.338. The molecule has 0 radical (unpaired) electrons. The highest BCUT2D eigenvalue weighted by Gasteiger charge is 2.24. The summed E-state index contributed by atoms with van der Waals surface area (Å²) in [6.45, 7) is 2.54. The maximum atomic E-state index is 12.9. The van der Waals surface area contributed by atoms with Crippen molar-refractivity contribution in [3.63, 3.8) is 0 Å². The van der Waals surface area contributed by atoms with Crippen molar-refractivity contribution >= 4 is 29.0 Å². The maximum Gasteiger partial charge on any atom is 0.231 e. The van der Waals surface area contributed by atoms with Gasteiger partial charge in [-0.15, -0.1) is 5.10 Å². The summed E-state index contributed by atoms with van der Waals surface area (Å²) in [6, 6.07) is 8.76. The number of fused-ring (bicyclic) bond motifs is 1. The first kappa shape index (κ1) is 18.7. The summed E-state index contributed by atoms with van der Waals surface area (Å²) in [5, 5.41) is 26.4. The van der Waals surface area contributed by atoms with Crippen LogP contribution in [-0.4, -0.2) is 31.8 Å². The van der Waals surface area contributed by atoms with Crippen LogP contribution in [0.15, 0.2) is 35.1 Å². The number of hydrogen-bond acceptors (Lipinski definition) is 6. The Balaban J connectivity index is 1.63. The molecule has 0 spiro atoms. The number of anilines is 1. The Morgan fingerprint density at radius 3 is 2.76 bits per heavy atom. The van der Waals surface area contributed by atoms with Gasteiger partial charge in [0, 0.05) is 11.9 Å². The van der Waals surface area contributed by atoms with Gasteiger partial charge < -0.3 is 5.32 Å². The van der Waals surface area contributed by atoms with E-state index in [2.05, 4.69) is 15.5 Å². The Hall–Kier alpha value is -3.62. The number of carbonyl (C=O) groups excluding carboxylic acids is 1. The number of aromatic nitrogens is 4. The second-order valence-corrected chi connectivity index (χ2v) is 7.04. The number of hydrogen-bond donors (Lipinski definition) is 3. The van der Waals surface area contributed by atoms with Crippen molar-refractivity contribution < 1.29 is 4.79 Å². The highest BCUT2D eigenvalue weighted by molar-refractivity contribution is 5.91. The predicted octanol–water partition coefficient (Wildman–Crippen LogP) is 1.61. The Morgan fingerprint density at radius 2 is 2.07 bits per heavy atom. The van der Waals surface area contributed by atoms with Crippen molar-refractivity contribution in [3.05, 3.63) is 57.3 Å². The van der Waals surface area contributed by atoms with Gasteiger partial charge in [0.25, 0.3) is 0 Å². The molecule has 29 heavy (non-hydrogen) atoms. The van der Waals surface area contributed by atoms with Gasteiger partial charge in [0.15, 0.2) is 5.82 Å². The van der Waals surface area contributed by atoms with Crippen LogP contribution in [0.3, 0.4) is 0 Å². The Bertz CT molecular complexity index is 1240. The molecule has 1 saturated carbocycles. The van der Waals surface area contributed by atoms with Gasteiger partial charge in [-0.3, -0.25) is 25.1 Å². The molecule has 1 aliphatic carbocycles. The summed E-state index contributed by atoms with van der Waals surface area (Å²) in [6.07, 6.45) is 3.05. The summed E-state index contributed by atoms with van der Waals surface area (Å²) in [5.41, 5.74) is 1.98. The molecule has 3 aromatic rings. The fourth-order valence-electron chi connectivity index (χ4n) is 3.32. The minimum absolute atomic E-state index is 0.0191. The number of rotatable bonds is 6. The third kappa shape index (κ3) is 3.71. The van der Waals surface area contributed by atoms with E-state index in [0.29, 0.717) is 17.8 Å². The zero-order valence-corrected chi connectivity index (χ0v) is 16.0. The molecule has 1 aliphatic rings. The monoisotopic (exact) mass is 391 g/mol. The van der Waals surface area contributed by atoms with Crippen LogP contribution in [0.5, 0.6) is 0 Å². The molecule has 1 amide bonds. The smallest absolute Gasteiger partial charge is 0.231 e. The summed E-state index contributed by atoms with van der Waals surface area (Å²) in [7, 11) is 0. The van der Waals surface area contributed by atoms with Crippen LogP contribution in [0.2, 0.25) is 0 Å². The van der Waals surface area contributed by atoms with E-state index in [9.17, 15) is 9.59 Å². The van der Waals surface area contributed by atoms with Crippen LogP contribution in [0.4, 0.5) is 5.82 Å². The predicted molar refractivity (Wildman–Crippen MR) is 108 cm³/mol. The third-order valence-corrected chi connectivity index (χ3v) is 4.98. The van der Waals surface area contributed by atoms with E-state index < -0.39 is 5.91 Å². The largest absolute Gasteiger partial charge is 0.309 e. The molecule has 1 fully saturated rings. The molecule has 0 atom stereocenters. The number of nitrogens with zero attached hydrogens (tertiary/aromatic N) is 4. The number of benzene rings is 1. The van der Waals surface area contributed by atoms with E-state index in [4.69, 9.17) is 10.8 Å². The van der Waals surface area contributed by atoms with Crippen LogP contribution in [-0.2, 0) is 17.8 Å². The molecule has 148 valence electrons. The van der Waals surface area contributed by atoms with Gasteiger partial charge in [-0.05, 0) is 55.5 Å². The van der Waals surface area contributed by atoms with Crippen molar-refractivity contribution in [1.29, 1.82) is 10.8 Å². The zero-order chi connectivity index (χ0) is 20.5. The van der Waals surface area contributed by atoms with E-state index >= 15 is 0 Å². The van der Waals surface area contributed by atoms with Crippen LogP contribution in [0.1, 0.15) is 36.9 Å². The standard InChI is InChI=1S/C20H21N7O2/c1-2-26-16-9-13(12-3-4-12)5-6-14(16)20(29)15(24-26)10-19(28)23-18-8-7-17(22)27(11-21)25-18/h5-9,11-12,21-22H,2-4,10H2,1H3,(H,23,25,28). The van der Waals surface area contributed by atoms with Crippen LogP contribution in [0.25, 0.3) is 10.9 Å². The molecule has 1 aromatic carbocycles. The highest BCUT2D eigenvalue weighted by Crippen LogP contribution is 2.40. The topological polar surface area (TPSA) is 130 Å². The molecular formula is C20H21N7O2. The molecule has 2 heterocycles. The Labute approximate surface area is 166 Å². The SMILES string of the molecule is CCn1nc(CC(=O)Nc2ccc(=N)n(C=N)n2)c(=O)c2ccc(C3CC3)cc21. The zero-order valence-electron chi connectivity index (χ0n) is 16.0. The number of amides is 1. The number of nitrogens with one attached hydrogen (secondary N) is 3. The molecule has 9 nitrogen and oxygen atoms in total. The van der Waals surface area contributed by atoms with E-state index in [-0.39, 0.29) is 28.8 Å². The fourth-order valence-corrected chi connectivity index (χ4v) is 3.32. The number of aryl methyl sites for hydroxylation is 1. The van der Waals surface area contributed by atoms with Gasteiger partial charge >= 0.3 is 0 Å². The van der Waals surface area contributed by atoms with Crippen LogP contribution >= 0.6 is 0 Å². The summed E-state index contributed by atoms with van der Waals surface area (Å²) in [4.78, 5) is 25.3. The van der Waals surface area contributed by atoms with Gasteiger partial charge in [0.1, 0.15) is 17.5 Å². The maximum absolute atomic E-state index is 12.9. The van der Waals surface area contributed by atoms with Gasteiger partial charge in [0.2, 0.25) is 11.3 Å². The molecule has 4 rings (SSSR count). The lowest BCUT2D eigenvalue weighted by Crippen LogP contribution is -2.27. The Kier molecular flexibility index (Phi) is 4.79. The lowest BCUT2D eigenvalue weighted by Gasteiger charge is -2.12. The second kappa shape index (κ2) is 7.42. The van der Waals surface area contributed by atoms with Crippen LogP contribution < -0.4 is 16.2 Å². The van der Waals surface area contributed by atoms with Gasteiger partial charge in [-0.25, -0.2) is 4.68 Å². The van der Waals surface area contributed by atoms with Crippen molar-refractivity contribution in [2.75, 3.05) is 5.32 Å². The fraction of sp³-hybridized carbons (Fsp3) is 0.300. The molecule has 3 N–H and O–H groups in total. The van der Waals surface area contributed by atoms with E-state index in [0.717, 1.165) is 16.5 Å². The first-order valence-electron chi connectivity index (χ1n) is 9.48. The van der Waals surface area contributed by atoms with Gasteiger partial charge in [0.05, 0.1) is 11.9 Å². The van der Waals surface area contributed by atoms with E-state index in [1.54, 1.807) is 4.68 Å². The first-order valence-corrected chi connectivity index (χ1v) is 9.48. The quantitative estimate of drug-likeness (QED) is 0.435. The molecule has 0 unspecified atom stereocenters. The van der Waals surface area contributed by atoms with Crippen molar-refractivity contribution in [1.82, 2.24) is 19.6 Å². The normalized spacial score (nSPS) is 13.4. The third-order valence-electron chi connectivity index (χ3n) is 4.98. The van der Waals surface area contributed by atoms with Crippen molar-refractivity contribution in [2.45, 2.75) is 38.6 Å². The van der Waals surface area contributed by atoms with Crippen molar-refractivity contribution in [2.24, 2.45) is 0 Å². The minimum atomic E-state index is -0.437. The highest BCUT2D eigenvalue weighted by atomic mass is 16.2. The first-order chi connectivity index (χ1) is 14.0. The lowest BCUT2D eigenvalue weighted by atomic mass is 10.1. The van der Waals surface area contributed by atoms with Crippen LogP contribution in [0, 0.1) is 10.8 Å². The summed E-state index contributed by atoms with van der Waals surface area (Å²) >= 11 is 0. The lowest BCUT2D eigenvalue weighted by molar-refractivity contribution is -0.115. The van der Waals surface area contributed by atoms with E-state index in [1.165, 1.54) is 30.5 Å². The number of carbonyl (C=O) groups is 1. The molecule has 0 saturated heterocycles. The molecule has 0 bridgehead atoms. The molecule has 0 aliphatic heterocycles. The van der Waals surface area contributed by atoms with Crippen molar-refractivity contribution in [3.8, 4) is 0 Å². The summed E-state index contributed by atoms with van der Waals surface area (Å²) < 4.78 is 2.78. The second-order valence-electron chi connectivity index (χ2n) is 7.04. The Morgan fingerprint density at radius 1 is 1.28 bits per heavy atom.